The molecule has 3 nitrogen and oxygen atoms in total. The average Bonchev–Trinajstić information content (AvgIpc) is 3.21. The van der Waals surface area contributed by atoms with Gasteiger partial charge in [0.25, 0.3) is 0 Å². The molecule has 0 fully saturated rings. The summed E-state index contributed by atoms with van der Waals surface area (Å²) in [5, 5.41) is 5.01. The smallest absolute Gasteiger partial charge is 0.205 e. The normalized spacial score (nSPS) is 14.0. The van der Waals surface area contributed by atoms with Crippen LogP contribution in [-0.2, 0) is 4.57 Å². The van der Waals surface area contributed by atoms with Gasteiger partial charge in [0.05, 0.1) is 12.5 Å². The molecule has 0 aliphatic carbocycles. The molecule has 0 aliphatic rings. The lowest BCUT2D eigenvalue weighted by molar-refractivity contribution is 0.494. The van der Waals surface area contributed by atoms with Crippen molar-refractivity contribution in [3.05, 3.63) is 97.5 Å². The summed E-state index contributed by atoms with van der Waals surface area (Å²) in [7, 11) is -3.03. The summed E-state index contributed by atoms with van der Waals surface area (Å²) in [5.41, 5.74) is 0.958. The highest BCUT2D eigenvalue weighted by Gasteiger charge is 2.32. The molecule has 4 heteroatoms. The topological polar surface area (TPSA) is 42.2 Å². The first-order valence-corrected chi connectivity index (χ1v) is 9.99. The minimum absolute atomic E-state index is 0.0818. The van der Waals surface area contributed by atoms with Crippen LogP contribution in [0.3, 0.4) is 0 Å². The molecular weight excluding hydrogens is 329 g/mol. The van der Waals surface area contributed by atoms with Crippen LogP contribution in [0.2, 0.25) is 0 Å². The second kappa shape index (κ2) is 7.69. The zero-order valence-electron chi connectivity index (χ0n) is 14.2. The van der Waals surface area contributed by atoms with Crippen LogP contribution in [0.1, 0.15) is 18.5 Å². The summed E-state index contributed by atoms with van der Waals surface area (Å²) in [6.45, 7) is 5.96. The molecule has 1 aromatic heterocycles. The van der Waals surface area contributed by atoms with Gasteiger partial charge >= 0.3 is 0 Å². The molecule has 0 spiro atoms. The molecule has 0 radical (unpaired) electrons. The standard InChI is InChI=1S/C21H22NO2P/c1-3-17(2)21(18-14-15-24-16-18)22-25(23,19-10-6-4-7-11-19)20-12-8-5-9-13-20/h3-17,21H,1H2,2H3,(H,22,23). The molecule has 0 saturated heterocycles. The van der Waals surface area contributed by atoms with Gasteiger partial charge in [0.1, 0.15) is 0 Å². The van der Waals surface area contributed by atoms with E-state index in [0.717, 1.165) is 16.2 Å². The first-order valence-electron chi connectivity index (χ1n) is 8.29. The van der Waals surface area contributed by atoms with Gasteiger partial charge in [0.2, 0.25) is 7.29 Å². The third-order valence-corrected chi connectivity index (χ3v) is 7.05. The lowest BCUT2D eigenvalue weighted by Crippen LogP contribution is -2.32. The molecule has 0 saturated carbocycles. The highest BCUT2D eigenvalue weighted by atomic mass is 31.2. The van der Waals surface area contributed by atoms with Crippen molar-refractivity contribution >= 4 is 17.9 Å². The quantitative estimate of drug-likeness (QED) is 0.497. The Labute approximate surface area is 148 Å². The first kappa shape index (κ1) is 17.5. The third kappa shape index (κ3) is 3.68. The van der Waals surface area contributed by atoms with E-state index in [9.17, 15) is 4.57 Å². The van der Waals surface area contributed by atoms with Gasteiger partial charge in [-0.05, 0) is 36.2 Å². The largest absolute Gasteiger partial charge is 0.472 e. The number of hydrogen-bond donors (Lipinski definition) is 1. The maximum absolute atomic E-state index is 14.2. The fourth-order valence-electron chi connectivity index (χ4n) is 2.85. The van der Waals surface area contributed by atoms with E-state index in [1.54, 1.807) is 12.5 Å². The van der Waals surface area contributed by atoms with Crippen LogP contribution in [-0.4, -0.2) is 0 Å². The maximum atomic E-state index is 14.2. The fraction of sp³-hybridized carbons (Fsp3) is 0.143. The number of benzene rings is 2. The monoisotopic (exact) mass is 351 g/mol. The molecule has 2 atom stereocenters. The number of hydrogen-bond acceptors (Lipinski definition) is 2. The predicted octanol–water partition coefficient (Wildman–Crippen LogP) is 4.66. The average molecular weight is 351 g/mol. The van der Waals surface area contributed by atoms with Crippen LogP contribution in [0.5, 0.6) is 0 Å². The van der Waals surface area contributed by atoms with Crippen molar-refractivity contribution in [1.29, 1.82) is 0 Å². The molecule has 3 aromatic rings. The van der Waals surface area contributed by atoms with Crippen molar-refractivity contribution in [3.8, 4) is 0 Å². The predicted molar refractivity (Wildman–Crippen MR) is 104 cm³/mol. The van der Waals surface area contributed by atoms with E-state index in [0.29, 0.717) is 0 Å². The Balaban J connectivity index is 2.09. The van der Waals surface area contributed by atoms with Gasteiger partial charge in [-0.1, -0.05) is 49.4 Å². The van der Waals surface area contributed by atoms with Crippen molar-refractivity contribution in [1.82, 2.24) is 5.09 Å². The van der Waals surface area contributed by atoms with Crippen LogP contribution < -0.4 is 15.7 Å². The van der Waals surface area contributed by atoms with Gasteiger partial charge in [0, 0.05) is 22.2 Å². The maximum Gasteiger partial charge on any atom is 0.205 e. The second-order valence-corrected chi connectivity index (χ2v) is 8.55. The van der Waals surface area contributed by atoms with Crippen molar-refractivity contribution < 1.29 is 8.98 Å². The van der Waals surface area contributed by atoms with E-state index in [2.05, 4.69) is 18.6 Å². The molecule has 0 bridgehead atoms. The number of rotatable bonds is 7. The Hall–Kier alpha value is -2.35. The van der Waals surface area contributed by atoms with Gasteiger partial charge in [-0.15, -0.1) is 6.58 Å². The first-order chi connectivity index (χ1) is 12.1. The molecular formula is C21H22NO2P. The molecule has 25 heavy (non-hydrogen) atoms. The summed E-state index contributed by atoms with van der Waals surface area (Å²) in [6, 6.07) is 20.9. The van der Waals surface area contributed by atoms with E-state index in [1.165, 1.54) is 0 Å². The molecule has 3 rings (SSSR count). The zero-order chi connectivity index (χ0) is 17.7. The molecule has 0 aliphatic heterocycles. The van der Waals surface area contributed by atoms with Crippen molar-refractivity contribution in [2.45, 2.75) is 13.0 Å². The summed E-state index contributed by atoms with van der Waals surface area (Å²) < 4.78 is 19.4. The summed E-state index contributed by atoms with van der Waals surface area (Å²) >= 11 is 0. The number of furan rings is 1. The third-order valence-electron chi connectivity index (χ3n) is 4.36. The number of nitrogens with one attached hydrogen (secondary N) is 1. The summed E-state index contributed by atoms with van der Waals surface area (Å²) in [4.78, 5) is 0. The van der Waals surface area contributed by atoms with Crippen molar-refractivity contribution in [2.24, 2.45) is 5.92 Å². The fourth-order valence-corrected chi connectivity index (χ4v) is 5.41. The molecule has 128 valence electrons. The van der Waals surface area contributed by atoms with Crippen LogP contribution in [0.4, 0.5) is 0 Å². The van der Waals surface area contributed by atoms with Gasteiger partial charge in [-0.3, -0.25) is 9.65 Å². The van der Waals surface area contributed by atoms with Crippen LogP contribution in [0, 0.1) is 5.92 Å². The highest BCUT2D eigenvalue weighted by molar-refractivity contribution is 7.76. The Bertz CT molecular complexity index is 801. The Morgan fingerprint density at radius 3 is 2.00 bits per heavy atom. The van der Waals surface area contributed by atoms with E-state index in [1.807, 2.05) is 72.8 Å². The Kier molecular flexibility index (Phi) is 5.37. The van der Waals surface area contributed by atoms with Gasteiger partial charge in [-0.2, -0.15) is 0 Å². The van der Waals surface area contributed by atoms with E-state index in [4.69, 9.17) is 4.42 Å². The highest BCUT2D eigenvalue weighted by Crippen LogP contribution is 2.43. The minimum atomic E-state index is -3.03. The Morgan fingerprint density at radius 1 is 1.00 bits per heavy atom. The van der Waals surface area contributed by atoms with Crippen LogP contribution >= 0.6 is 7.29 Å². The van der Waals surface area contributed by atoms with Crippen molar-refractivity contribution in [3.63, 3.8) is 0 Å². The van der Waals surface area contributed by atoms with E-state index < -0.39 is 7.29 Å². The SMILES string of the molecule is C=CC(C)C(NP(=O)(c1ccccc1)c1ccccc1)c1ccoc1. The van der Waals surface area contributed by atoms with E-state index in [-0.39, 0.29) is 12.0 Å². The van der Waals surface area contributed by atoms with Gasteiger partial charge in [0.15, 0.2) is 0 Å². The lowest BCUT2D eigenvalue weighted by atomic mass is 9.98. The molecule has 2 unspecified atom stereocenters. The zero-order valence-corrected chi connectivity index (χ0v) is 15.1. The van der Waals surface area contributed by atoms with Crippen molar-refractivity contribution in [2.75, 3.05) is 0 Å². The van der Waals surface area contributed by atoms with Gasteiger partial charge < -0.3 is 4.42 Å². The summed E-state index contributed by atoms with van der Waals surface area (Å²) in [6.07, 6.45) is 5.19. The molecule has 0 amide bonds. The lowest BCUT2D eigenvalue weighted by Gasteiger charge is -2.29. The van der Waals surface area contributed by atoms with Crippen LogP contribution in [0.25, 0.3) is 0 Å². The summed E-state index contributed by atoms with van der Waals surface area (Å²) in [5.74, 6) is 0.0818. The molecule has 1 N–H and O–H groups in total. The molecule has 1 heterocycles. The van der Waals surface area contributed by atoms with E-state index >= 15 is 0 Å². The molecule has 2 aromatic carbocycles. The second-order valence-electron chi connectivity index (χ2n) is 6.04. The van der Waals surface area contributed by atoms with Crippen LogP contribution in [0.15, 0.2) is 96.3 Å². The minimum Gasteiger partial charge on any atom is -0.472 e. The van der Waals surface area contributed by atoms with Gasteiger partial charge in [-0.25, -0.2) is 0 Å². The Morgan fingerprint density at radius 2 is 1.56 bits per heavy atom.